The van der Waals surface area contributed by atoms with E-state index >= 15 is 0 Å². The Balaban J connectivity index is 1.58. The largest absolute Gasteiger partial charge is 0.369 e. The summed E-state index contributed by atoms with van der Waals surface area (Å²) in [5.41, 5.74) is 4.22. The van der Waals surface area contributed by atoms with E-state index in [-0.39, 0.29) is 17.9 Å². The summed E-state index contributed by atoms with van der Waals surface area (Å²) in [7, 11) is 0. The molecule has 1 aliphatic rings. The van der Waals surface area contributed by atoms with Gasteiger partial charge in [0.2, 0.25) is 5.91 Å². The van der Waals surface area contributed by atoms with Crippen molar-refractivity contribution in [3.63, 3.8) is 0 Å². The number of likely N-dealkylation sites (N-methyl/N-ethyl adjacent to an activating group) is 1. The van der Waals surface area contributed by atoms with Crippen molar-refractivity contribution in [2.45, 2.75) is 33.6 Å². The third-order valence-corrected chi connectivity index (χ3v) is 5.41. The van der Waals surface area contributed by atoms with Crippen LogP contribution in [-0.2, 0) is 11.2 Å². The Kier molecular flexibility index (Phi) is 6.46. The molecule has 2 heterocycles. The van der Waals surface area contributed by atoms with Gasteiger partial charge in [-0.3, -0.25) is 9.59 Å². The molecule has 0 spiro atoms. The number of aryl methyl sites for hydroxylation is 2. The smallest absolute Gasteiger partial charge is 0.254 e. The molecule has 7 nitrogen and oxygen atoms in total. The number of amides is 1. The zero-order chi connectivity index (χ0) is 20.1. The maximum atomic E-state index is 12.3. The van der Waals surface area contributed by atoms with Gasteiger partial charge >= 0.3 is 0 Å². The first-order valence-electron chi connectivity index (χ1n) is 9.89. The quantitative estimate of drug-likeness (QED) is 0.798. The first-order chi connectivity index (χ1) is 13.5. The lowest BCUT2D eigenvalue weighted by Gasteiger charge is -2.36. The Morgan fingerprint density at radius 1 is 1.21 bits per heavy atom. The van der Waals surface area contributed by atoms with Gasteiger partial charge in [-0.25, -0.2) is 4.98 Å². The fourth-order valence-corrected chi connectivity index (χ4v) is 3.67. The third kappa shape index (κ3) is 4.78. The van der Waals surface area contributed by atoms with Crippen molar-refractivity contribution < 1.29 is 4.79 Å². The molecule has 1 fully saturated rings. The molecule has 1 saturated heterocycles. The predicted octanol–water partition coefficient (Wildman–Crippen LogP) is 2.10. The van der Waals surface area contributed by atoms with E-state index in [2.05, 4.69) is 45.0 Å². The number of hydrogen-bond donors (Lipinski definition) is 2. The van der Waals surface area contributed by atoms with Crippen molar-refractivity contribution in [3.05, 3.63) is 51.7 Å². The lowest BCUT2D eigenvalue weighted by Crippen LogP contribution is -2.46. The van der Waals surface area contributed by atoms with Gasteiger partial charge in [0, 0.05) is 55.2 Å². The van der Waals surface area contributed by atoms with Gasteiger partial charge in [0.1, 0.15) is 0 Å². The van der Waals surface area contributed by atoms with Gasteiger partial charge in [-0.15, -0.1) is 0 Å². The number of carbonyl (C=O) groups excluding carboxylic acids is 1. The van der Waals surface area contributed by atoms with Crippen molar-refractivity contribution in [1.82, 2.24) is 14.9 Å². The maximum absolute atomic E-state index is 12.3. The Bertz CT molecular complexity index is 885. The zero-order valence-corrected chi connectivity index (χ0v) is 16.9. The molecule has 0 saturated carbocycles. The van der Waals surface area contributed by atoms with E-state index < -0.39 is 0 Å². The maximum Gasteiger partial charge on any atom is 0.254 e. The predicted molar refractivity (Wildman–Crippen MR) is 112 cm³/mol. The van der Waals surface area contributed by atoms with Crippen LogP contribution in [0.2, 0.25) is 0 Å². The molecule has 0 aliphatic carbocycles. The number of H-pyrrole nitrogens is 1. The summed E-state index contributed by atoms with van der Waals surface area (Å²) >= 11 is 0. The highest BCUT2D eigenvalue weighted by Gasteiger charge is 2.17. The third-order valence-electron chi connectivity index (χ3n) is 5.41. The van der Waals surface area contributed by atoms with E-state index in [1.165, 1.54) is 12.0 Å². The van der Waals surface area contributed by atoms with Crippen molar-refractivity contribution >= 4 is 17.3 Å². The molecule has 2 N–H and O–H groups in total. The summed E-state index contributed by atoms with van der Waals surface area (Å²) in [6.45, 7) is 11.4. The molecule has 0 atom stereocenters. The molecule has 0 radical (unpaired) electrons. The number of carbonyl (C=O) groups is 1. The summed E-state index contributed by atoms with van der Waals surface area (Å²) in [6.07, 6.45) is 2.00. The molecule has 150 valence electrons. The SMILES string of the molecule is CCN1CCN(c2ccc(NC(=O)CCc3c(C)nc[nH]c3=O)cc2C)CC1. The lowest BCUT2D eigenvalue weighted by atomic mass is 10.1. The van der Waals surface area contributed by atoms with Gasteiger partial charge in [-0.05, 0) is 50.6 Å². The second-order valence-corrected chi connectivity index (χ2v) is 7.27. The molecule has 1 aliphatic heterocycles. The number of aromatic nitrogens is 2. The number of nitrogens with one attached hydrogen (secondary N) is 2. The van der Waals surface area contributed by atoms with Crippen LogP contribution in [0.5, 0.6) is 0 Å². The first kappa shape index (κ1) is 20.1. The fourth-order valence-electron chi connectivity index (χ4n) is 3.67. The molecule has 28 heavy (non-hydrogen) atoms. The fraction of sp³-hybridized carbons (Fsp3) is 0.476. The van der Waals surface area contributed by atoms with Crippen LogP contribution >= 0.6 is 0 Å². The number of anilines is 2. The second-order valence-electron chi connectivity index (χ2n) is 7.27. The lowest BCUT2D eigenvalue weighted by molar-refractivity contribution is -0.116. The normalized spacial score (nSPS) is 14.9. The van der Waals surface area contributed by atoms with Gasteiger partial charge in [-0.1, -0.05) is 6.92 Å². The highest BCUT2D eigenvalue weighted by atomic mass is 16.1. The minimum Gasteiger partial charge on any atom is -0.369 e. The van der Waals surface area contributed by atoms with Crippen LogP contribution in [0, 0.1) is 13.8 Å². The molecule has 1 aromatic carbocycles. The van der Waals surface area contributed by atoms with Gasteiger partial charge in [0.15, 0.2) is 0 Å². The topological polar surface area (TPSA) is 81.3 Å². The number of benzene rings is 1. The van der Waals surface area contributed by atoms with Gasteiger partial charge in [0.25, 0.3) is 5.56 Å². The summed E-state index contributed by atoms with van der Waals surface area (Å²) < 4.78 is 0. The Labute approximate surface area is 165 Å². The average Bonchev–Trinajstić information content (AvgIpc) is 2.68. The minimum atomic E-state index is -0.177. The van der Waals surface area contributed by atoms with Crippen LogP contribution in [0.4, 0.5) is 11.4 Å². The van der Waals surface area contributed by atoms with Crippen LogP contribution in [0.15, 0.2) is 29.3 Å². The van der Waals surface area contributed by atoms with Gasteiger partial charge in [0.05, 0.1) is 6.33 Å². The summed E-state index contributed by atoms with van der Waals surface area (Å²) in [4.78, 5) is 35.7. The first-order valence-corrected chi connectivity index (χ1v) is 9.89. The van der Waals surface area contributed by atoms with Crippen molar-refractivity contribution in [1.29, 1.82) is 0 Å². The number of hydrogen-bond acceptors (Lipinski definition) is 5. The van der Waals surface area contributed by atoms with E-state index in [1.54, 1.807) is 6.92 Å². The van der Waals surface area contributed by atoms with Crippen molar-refractivity contribution in [2.75, 3.05) is 42.9 Å². The number of piperazine rings is 1. The van der Waals surface area contributed by atoms with Crippen LogP contribution < -0.4 is 15.8 Å². The highest BCUT2D eigenvalue weighted by Crippen LogP contribution is 2.25. The van der Waals surface area contributed by atoms with E-state index in [9.17, 15) is 9.59 Å². The molecule has 1 aromatic heterocycles. The minimum absolute atomic E-state index is 0.105. The van der Waals surface area contributed by atoms with Crippen molar-refractivity contribution in [2.24, 2.45) is 0 Å². The average molecular weight is 383 g/mol. The Morgan fingerprint density at radius 2 is 1.96 bits per heavy atom. The van der Waals surface area contributed by atoms with Gasteiger partial charge < -0.3 is 20.1 Å². The Morgan fingerprint density at radius 3 is 2.61 bits per heavy atom. The molecule has 7 heteroatoms. The number of aromatic amines is 1. The Hall–Kier alpha value is -2.67. The van der Waals surface area contributed by atoms with E-state index in [1.807, 2.05) is 12.1 Å². The van der Waals surface area contributed by atoms with Crippen LogP contribution in [0.1, 0.15) is 30.2 Å². The zero-order valence-electron chi connectivity index (χ0n) is 16.9. The highest BCUT2D eigenvalue weighted by molar-refractivity contribution is 5.91. The molecular formula is C21H29N5O2. The number of nitrogens with zero attached hydrogens (tertiary/aromatic N) is 3. The monoisotopic (exact) mass is 383 g/mol. The summed E-state index contributed by atoms with van der Waals surface area (Å²) in [5, 5.41) is 2.94. The molecule has 0 unspecified atom stereocenters. The van der Waals surface area contributed by atoms with Crippen LogP contribution in [0.25, 0.3) is 0 Å². The van der Waals surface area contributed by atoms with Gasteiger partial charge in [-0.2, -0.15) is 0 Å². The molecular weight excluding hydrogens is 354 g/mol. The number of rotatable bonds is 6. The molecule has 3 rings (SSSR count). The summed E-state index contributed by atoms with van der Waals surface area (Å²) in [6, 6.07) is 6.05. The van der Waals surface area contributed by atoms with E-state index in [0.29, 0.717) is 17.7 Å². The van der Waals surface area contributed by atoms with Crippen LogP contribution in [0.3, 0.4) is 0 Å². The summed E-state index contributed by atoms with van der Waals surface area (Å²) in [5.74, 6) is -0.105. The van der Waals surface area contributed by atoms with Crippen molar-refractivity contribution in [3.8, 4) is 0 Å². The molecule has 0 bridgehead atoms. The van der Waals surface area contributed by atoms with E-state index in [0.717, 1.165) is 44.0 Å². The van der Waals surface area contributed by atoms with Crippen LogP contribution in [-0.4, -0.2) is 53.5 Å². The standard InChI is InChI=1S/C21H29N5O2/c1-4-25-9-11-26(12-10-25)19-7-5-17(13-15(19)2)24-20(27)8-6-18-16(3)22-14-23-21(18)28/h5,7,13-14H,4,6,8-12H2,1-3H3,(H,24,27)(H,22,23,28). The molecule has 1 amide bonds. The second kappa shape index (κ2) is 9.01. The molecule has 2 aromatic rings. The van der Waals surface area contributed by atoms with E-state index in [4.69, 9.17) is 0 Å².